The number of rotatable bonds is 2. The van der Waals surface area contributed by atoms with Gasteiger partial charge in [0, 0.05) is 20.2 Å². The van der Waals surface area contributed by atoms with E-state index in [9.17, 15) is 4.79 Å². The van der Waals surface area contributed by atoms with Crippen LogP contribution in [0.4, 0.5) is 10.5 Å². The minimum atomic E-state index is -0.355. The topological polar surface area (TPSA) is 29.5 Å². The third-order valence-corrected chi connectivity index (χ3v) is 2.51. The van der Waals surface area contributed by atoms with Gasteiger partial charge in [0.15, 0.2) is 0 Å². The van der Waals surface area contributed by atoms with E-state index in [1.165, 1.54) is 4.90 Å². The number of benzene rings is 1. The summed E-state index contributed by atoms with van der Waals surface area (Å²) in [5.41, 5.74) is 2.05. The lowest BCUT2D eigenvalue weighted by atomic mass is 10.2. The number of amides is 1. The van der Waals surface area contributed by atoms with E-state index in [2.05, 4.69) is 21.1 Å². The minimum Gasteiger partial charge on any atom is -1.00 e. The maximum Gasteiger partial charge on any atom is 0.414 e. The lowest BCUT2D eigenvalue weighted by molar-refractivity contribution is -0.00000890. The van der Waals surface area contributed by atoms with Gasteiger partial charge in [-0.05, 0) is 24.6 Å². The van der Waals surface area contributed by atoms with E-state index in [-0.39, 0.29) is 30.1 Å². The van der Waals surface area contributed by atoms with Crippen LogP contribution in [0.3, 0.4) is 0 Å². The van der Waals surface area contributed by atoms with E-state index in [1.54, 1.807) is 14.1 Å². The number of nitrogens with zero attached hydrogens (tertiary/aromatic N) is 2. The number of ether oxygens (including phenoxy) is 1. The van der Waals surface area contributed by atoms with Crippen molar-refractivity contribution in [2.45, 2.75) is 6.92 Å². The standard InChI is InChI=1S/C13H21N2O2.HI/c1-10-7-8-11(15(4,5)6)9-12(10)17-13(16)14(2)3;/h7-9H,1-6H3;1H/q+1;/p-1. The molecule has 1 rings (SSSR count). The van der Waals surface area contributed by atoms with Gasteiger partial charge in [0.1, 0.15) is 11.4 Å². The molecule has 1 aromatic rings. The zero-order chi connectivity index (χ0) is 13.2. The molecular formula is C13H21IN2O2. The Kier molecular flexibility index (Phi) is 6.09. The van der Waals surface area contributed by atoms with Gasteiger partial charge in [0.05, 0.1) is 21.1 Å². The van der Waals surface area contributed by atoms with Crippen molar-refractivity contribution in [3.63, 3.8) is 0 Å². The Balaban J connectivity index is 0.00000289. The molecule has 0 aliphatic carbocycles. The maximum atomic E-state index is 11.5. The summed E-state index contributed by atoms with van der Waals surface area (Å²) in [6, 6.07) is 5.93. The Labute approximate surface area is 126 Å². The summed E-state index contributed by atoms with van der Waals surface area (Å²) in [5, 5.41) is 0. The quantitative estimate of drug-likeness (QED) is 0.511. The lowest BCUT2D eigenvalue weighted by Crippen LogP contribution is -3.00. The molecule has 0 aliphatic rings. The number of aryl methyl sites for hydroxylation is 1. The molecule has 0 aromatic heterocycles. The van der Waals surface area contributed by atoms with Gasteiger partial charge in [-0.15, -0.1) is 0 Å². The highest BCUT2D eigenvalue weighted by Crippen LogP contribution is 2.26. The highest BCUT2D eigenvalue weighted by Gasteiger charge is 2.16. The molecule has 0 saturated carbocycles. The first-order valence-corrected chi connectivity index (χ1v) is 5.53. The first-order chi connectivity index (χ1) is 7.71. The molecule has 0 heterocycles. The van der Waals surface area contributed by atoms with Crippen molar-refractivity contribution < 1.29 is 33.5 Å². The van der Waals surface area contributed by atoms with Gasteiger partial charge < -0.3 is 33.6 Å². The second-order valence-electron chi connectivity index (χ2n) is 5.22. The molecule has 0 radical (unpaired) electrons. The molecule has 0 saturated heterocycles. The van der Waals surface area contributed by atoms with Gasteiger partial charge >= 0.3 is 6.09 Å². The van der Waals surface area contributed by atoms with E-state index in [0.717, 1.165) is 11.3 Å². The Morgan fingerprint density at radius 1 is 1.22 bits per heavy atom. The summed E-state index contributed by atoms with van der Waals surface area (Å²) in [4.78, 5) is 12.9. The van der Waals surface area contributed by atoms with Crippen molar-refractivity contribution in [1.29, 1.82) is 0 Å². The molecular weight excluding hydrogens is 343 g/mol. The summed E-state index contributed by atoms with van der Waals surface area (Å²) in [5.74, 6) is 0.620. The summed E-state index contributed by atoms with van der Waals surface area (Å²) in [6.07, 6.45) is -0.355. The average molecular weight is 364 g/mol. The van der Waals surface area contributed by atoms with Crippen molar-refractivity contribution in [2.75, 3.05) is 35.2 Å². The van der Waals surface area contributed by atoms with Crippen molar-refractivity contribution in [3.8, 4) is 5.75 Å². The number of halogens is 1. The minimum absolute atomic E-state index is 0. The Morgan fingerprint density at radius 2 is 1.78 bits per heavy atom. The summed E-state index contributed by atoms with van der Waals surface area (Å²) < 4.78 is 6.01. The van der Waals surface area contributed by atoms with Crippen LogP contribution in [0.5, 0.6) is 5.75 Å². The first kappa shape index (κ1) is 17.2. The molecule has 1 aromatic carbocycles. The van der Waals surface area contributed by atoms with Gasteiger partial charge in [0.2, 0.25) is 0 Å². The Hall–Kier alpha value is -0.820. The highest BCUT2D eigenvalue weighted by molar-refractivity contribution is 5.71. The van der Waals surface area contributed by atoms with Crippen LogP contribution in [0.2, 0.25) is 0 Å². The molecule has 0 N–H and O–H groups in total. The molecule has 0 fully saturated rings. The lowest BCUT2D eigenvalue weighted by Gasteiger charge is -2.24. The zero-order valence-electron chi connectivity index (χ0n) is 11.8. The first-order valence-electron chi connectivity index (χ1n) is 5.53. The number of hydrogen-bond acceptors (Lipinski definition) is 2. The average Bonchev–Trinajstić information content (AvgIpc) is 2.19. The smallest absolute Gasteiger partial charge is 0.414 e. The predicted molar refractivity (Wildman–Crippen MR) is 70.5 cm³/mol. The van der Waals surface area contributed by atoms with Crippen LogP contribution >= 0.6 is 0 Å². The van der Waals surface area contributed by atoms with Crippen LogP contribution in [-0.4, -0.2) is 46.2 Å². The molecule has 0 aliphatic heterocycles. The molecule has 1 amide bonds. The fourth-order valence-corrected chi connectivity index (χ4v) is 1.30. The van der Waals surface area contributed by atoms with E-state index in [4.69, 9.17) is 4.74 Å². The van der Waals surface area contributed by atoms with Crippen LogP contribution in [0, 0.1) is 6.92 Å². The van der Waals surface area contributed by atoms with Crippen molar-refractivity contribution in [3.05, 3.63) is 23.8 Å². The monoisotopic (exact) mass is 364 g/mol. The molecule has 102 valence electrons. The van der Waals surface area contributed by atoms with Gasteiger partial charge in [-0.3, -0.25) is 4.48 Å². The maximum absolute atomic E-state index is 11.5. The van der Waals surface area contributed by atoms with Crippen molar-refractivity contribution in [2.24, 2.45) is 0 Å². The fourth-order valence-electron chi connectivity index (χ4n) is 1.30. The van der Waals surface area contributed by atoms with Crippen LogP contribution in [0.1, 0.15) is 5.56 Å². The molecule has 0 spiro atoms. The molecule has 0 atom stereocenters. The molecule has 4 nitrogen and oxygen atoms in total. The third-order valence-electron chi connectivity index (χ3n) is 2.51. The van der Waals surface area contributed by atoms with Gasteiger partial charge in [-0.25, -0.2) is 4.79 Å². The van der Waals surface area contributed by atoms with Crippen LogP contribution < -0.4 is 33.2 Å². The van der Waals surface area contributed by atoms with Crippen LogP contribution in [0.15, 0.2) is 18.2 Å². The molecule has 5 heteroatoms. The van der Waals surface area contributed by atoms with Gasteiger partial charge in [-0.1, -0.05) is 0 Å². The predicted octanol–water partition coefficient (Wildman–Crippen LogP) is -0.744. The highest BCUT2D eigenvalue weighted by atomic mass is 127. The zero-order valence-corrected chi connectivity index (χ0v) is 14.0. The second-order valence-corrected chi connectivity index (χ2v) is 5.22. The molecule has 18 heavy (non-hydrogen) atoms. The fraction of sp³-hybridized carbons (Fsp3) is 0.462. The molecule has 0 unspecified atom stereocenters. The second kappa shape index (κ2) is 6.38. The summed E-state index contributed by atoms with van der Waals surface area (Å²) in [7, 11) is 9.55. The summed E-state index contributed by atoms with van der Waals surface area (Å²) >= 11 is 0. The SMILES string of the molecule is Cc1ccc([N+](C)(C)C)cc1OC(=O)N(C)C.[I-]. The van der Waals surface area contributed by atoms with E-state index >= 15 is 0 Å². The normalized spacial score (nSPS) is 10.6. The van der Waals surface area contributed by atoms with Crippen molar-refractivity contribution in [1.82, 2.24) is 9.38 Å². The van der Waals surface area contributed by atoms with E-state index in [1.807, 2.05) is 25.1 Å². The number of carbonyl (C=O) groups is 1. The van der Waals surface area contributed by atoms with E-state index in [0.29, 0.717) is 10.2 Å². The largest absolute Gasteiger partial charge is 1.00 e. The van der Waals surface area contributed by atoms with Crippen LogP contribution in [-0.2, 0) is 0 Å². The van der Waals surface area contributed by atoms with Gasteiger partial charge in [-0.2, -0.15) is 0 Å². The summed E-state index contributed by atoms with van der Waals surface area (Å²) in [6.45, 7) is 1.93. The van der Waals surface area contributed by atoms with Crippen LogP contribution in [0.25, 0.3) is 0 Å². The number of hydrogen-bond donors (Lipinski definition) is 0. The molecule has 0 bridgehead atoms. The number of carbonyl (C=O) groups excluding carboxylic acids is 1. The Bertz CT molecular complexity index is 425. The third kappa shape index (κ3) is 4.45. The Morgan fingerprint density at radius 3 is 2.22 bits per heavy atom. The van der Waals surface area contributed by atoms with E-state index < -0.39 is 0 Å². The number of quaternary nitrogens is 1. The van der Waals surface area contributed by atoms with Gasteiger partial charge in [0.25, 0.3) is 0 Å². The van der Waals surface area contributed by atoms with Crippen molar-refractivity contribution >= 4 is 11.8 Å².